The molecule has 1 atom stereocenters. The Morgan fingerprint density at radius 1 is 1.47 bits per heavy atom. The second-order valence-corrected chi connectivity index (χ2v) is 5.71. The lowest BCUT2D eigenvalue weighted by Crippen LogP contribution is -2.09. The van der Waals surface area contributed by atoms with Crippen molar-refractivity contribution in [2.45, 2.75) is 33.2 Å². The number of nitrogens with zero attached hydrogens (tertiary/aromatic N) is 1. The van der Waals surface area contributed by atoms with Crippen LogP contribution in [0.2, 0.25) is 0 Å². The van der Waals surface area contributed by atoms with Crippen molar-refractivity contribution in [1.82, 2.24) is 9.55 Å². The van der Waals surface area contributed by atoms with Crippen LogP contribution in [0, 0.1) is 23.5 Å². The average molecular weight is 246 g/mol. The highest BCUT2D eigenvalue weighted by Gasteiger charge is 2.28. The van der Waals surface area contributed by atoms with Gasteiger partial charge in [-0.25, -0.2) is 0 Å². The Hall–Kier alpha value is -1.09. The topological polar surface area (TPSA) is 20.7 Å². The van der Waals surface area contributed by atoms with Gasteiger partial charge in [-0.1, -0.05) is 19.1 Å². The lowest BCUT2D eigenvalue weighted by Gasteiger charge is -2.11. The maximum atomic E-state index is 5.45. The Labute approximate surface area is 107 Å². The minimum Gasteiger partial charge on any atom is -0.330 e. The van der Waals surface area contributed by atoms with Gasteiger partial charge in [-0.05, 0) is 55.4 Å². The summed E-state index contributed by atoms with van der Waals surface area (Å²) in [6, 6.07) is 6.40. The molecule has 1 aliphatic carbocycles. The van der Waals surface area contributed by atoms with Gasteiger partial charge in [0.2, 0.25) is 0 Å². The van der Waals surface area contributed by atoms with Crippen molar-refractivity contribution in [3.8, 4) is 0 Å². The maximum absolute atomic E-state index is 5.45. The largest absolute Gasteiger partial charge is 0.330 e. The summed E-state index contributed by atoms with van der Waals surface area (Å²) in [4.78, 5) is 3.34. The van der Waals surface area contributed by atoms with Gasteiger partial charge in [0.15, 0.2) is 4.77 Å². The number of hydrogen-bond acceptors (Lipinski definition) is 1. The monoisotopic (exact) mass is 246 g/mol. The summed E-state index contributed by atoms with van der Waals surface area (Å²) in [6.07, 6.45) is 2.80. The van der Waals surface area contributed by atoms with Crippen molar-refractivity contribution in [3.63, 3.8) is 0 Å². The number of nitrogens with one attached hydrogen (secondary N) is 1. The number of hydrogen-bond donors (Lipinski definition) is 1. The lowest BCUT2D eigenvalue weighted by molar-refractivity contribution is 0.434. The van der Waals surface area contributed by atoms with Gasteiger partial charge in [0.1, 0.15) is 0 Å². The van der Waals surface area contributed by atoms with E-state index < -0.39 is 0 Å². The first-order valence-electron chi connectivity index (χ1n) is 6.35. The van der Waals surface area contributed by atoms with Crippen LogP contribution in [0.3, 0.4) is 0 Å². The van der Waals surface area contributed by atoms with Gasteiger partial charge in [-0.2, -0.15) is 0 Å². The van der Waals surface area contributed by atoms with E-state index in [0.29, 0.717) is 0 Å². The fraction of sp³-hybridized carbons (Fsp3) is 0.500. The highest BCUT2D eigenvalue weighted by Crippen LogP contribution is 2.37. The molecule has 2 aromatic rings. The van der Waals surface area contributed by atoms with Gasteiger partial charge in [0, 0.05) is 6.54 Å². The van der Waals surface area contributed by atoms with Crippen LogP contribution >= 0.6 is 12.2 Å². The van der Waals surface area contributed by atoms with Crippen molar-refractivity contribution < 1.29 is 0 Å². The minimum absolute atomic E-state index is 0.737. The molecule has 1 fully saturated rings. The van der Waals surface area contributed by atoms with Crippen LogP contribution in [0.4, 0.5) is 0 Å². The van der Waals surface area contributed by atoms with Crippen molar-refractivity contribution in [1.29, 1.82) is 0 Å². The summed E-state index contributed by atoms with van der Waals surface area (Å²) in [7, 11) is 0. The molecule has 0 bridgehead atoms. The predicted octanol–water partition coefficient (Wildman–Crippen LogP) is 4.05. The number of benzene rings is 1. The number of aromatic nitrogens is 2. The zero-order valence-corrected chi connectivity index (χ0v) is 11.2. The molecule has 0 spiro atoms. The molecule has 0 radical (unpaired) electrons. The first kappa shape index (κ1) is 11.0. The highest BCUT2D eigenvalue weighted by atomic mass is 32.1. The Bertz CT molecular complexity index is 604. The summed E-state index contributed by atoms with van der Waals surface area (Å²) in [5, 5.41) is 0. The van der Waals surface area contributed by atoms with E-state index in [4.69, 9.17) is 12.2 Å². The van der Waals surface area contributed by atoms with Crippen LogP contribution in [-0.2, 0) is 6.54 Å². The molecule has 3 rings (SSSR count). The van der Waals surface area contributed by atoms with Crippen LogP contribution in [0.15, 0.2) is 18.2 Å². The fourth-order valence-electron chi connectivity index (χ4n) is 2.61. The molecule has 1 N–H and O–H groups in total. The quantitative estimate of drug-likeness (QED) is 0.810. The van der Waals surface area contributed by atoms with E-state index in [-0.39, 0.29) is 0 Å². The van der Waals surface area contributed by atoms with Crippen LogP contribution < -0.4 is 0 Å². The Morgan fingerprint density at radius 3 is 2.94 bits per heavy atom. The normalized spacial score (nSPS) is 17.5. The molecule has 1 saturated carbocycles. The molecule has 0 saturated heterocycles. The van der Waals surface area contributed by atoms with E-state index in [2.05, 4.69) is 41.6 Å². The standard InChI is InChI=1S/C14H18N2S/c1-9-4-3-5-12-13(9)15-14(17)16(12)8-10(2)11-6-7-11/h3-5,10-11H,6-8H2,1-2H3,(H,15,17). The number of para-hydroxylation sites is 1. The highest BCUT2D eigenvalue weighted by molar-refractivity contribution is 7.71. The van der Waals surface area contributed by atoms with Gasteiger partial charge in [0.05, 0.1) is 11.0 Å². The van der Waals surface area contributed by atoms with Gasteiger partial charge in [0.25, 0.3) is 0 Å². The smallest absolute Gasteiger partial charge is 0.178 e. The summed E-state index contributed by atoms with van der Waals surface area (Å²) in [6.45, 7) is 5.52. The number of rotatable bonds is 3. The molecule has 90 valence electrons. The Balaban J connectivity index is 2.05. The van der Waals surface area contributed by atoms with Crippen molar-refractivity contribution in [3.05, 3.63) is 28.5 Å². The molecule has 1 unspecified atom stereocenters. The van der Waals surface area contributed by atoms with Gasteiger partial charge in [-0.15, -0.1) is 0 Å². The first-order valence-corrected chi connectivity index (χ1v) is 6.76. The van der Waals surface area contributed by atoms with Crippen molar-refractivity contribution in [2.75, 3.05) is 0 Å². The van der Waals surface area contributed by atoms with E-state index in [1.54, 1.807) is 0 Å². The Morgan fingerprint density at radius 2 is 2.24 bits per heavy atom. The summed E-state index contributed by atoms with van der Waals surface area (Å²) >= 11 is 5.45. The van der Waals surface area contributed by atoms with Gasteiger partial charge < -0.3 is 9.55 Å². The first-order chi connectivity index (χ1) is 8.16. The van der Waals surface area contributed by atoms with Crippen LogP contribution in [-0.4, -0.2) is 9.55 Å². The molecule has 1 aliphatic rings. The van der Waals surface area contributed by atoms with Crippen molar-refractivity contribution >= 4 is 23.3 Å². The molecule has 1 aromatic heterocycles. The second kappa shape index (κ2) is 3.98. The summed E-state index contributed by atoms with van der Waals surface area (Å²) < 4.78 is 3.13. The van der Waals surface area contributed by atoms with Crippen LogP contribution in [0.5, 0.6) is 0 Å². The molecule has 1 aromatic carbocycles. The number of aromatic amines is 1. The molecule has 3 heteroatoms. The van der Waals surface area contributed by atoms with Crippen LogP contribution in [0.1, 0.15) is 25.3 Å². The van der Waals surface area contributed by atoms with E-state index in [1.165, 1.54) is 29.4 Å². The SMILES string of the molecule is Cc1cccc2c1[nH]c(=S)n2CC(C)C1CC1. The fourth-order valence-corrected chi connectivity index (χ4v) is 2.88. The van der Waals surface area contributed by atoms with Gasteiger partial charge in [-0.3, -0.25) is 0 Å². The molecule has 0 amide bonds. The lowest BCUT2D eigenvalue weighted by atomic mass is 10.1. The van der Waals surface area contributed by atoms with Gasteiger partial charge >= 0.3 is 0 Å². The van der Waals surface area contributed by atoms with Crippen molar-refractivity contribution in [2.24, 2.45) is 11.8 Å². The zero-order chi connectivity index (χ0) is 12.0. The third kappa shape index (κ3) is 1.93. The maximum Gasteiger partial charge on any atom is 0.178 e. The molecule has 1 heterocycles. The number of imidazole rings is 1. The number of H-pyrrole nitrogens is 1. The van der Waals surface area contributed by atoms with E-state index in [9.17, 15) is 0 Å². The zero-order valence-electron chi connectivity index (χ0n) is 10.4. The summed E-state index contributed by atoms with van der Waals surface area (Å²) in [5.41, 5.74) is 3.72. The van der Waals surface area contributed by atoms with E-state index in [1.807, 2.05) is 0 Å². The Kier molecular flexibility index (Phi) is 2.58. The third-order valence-electron chi connectivity index (χ3n) is 3.92. The third-order valence-corrected chi connectivity index (χ3v) is 4.24. The molecule has 17 heavy (non-hydrogen) atoms. The molecular weight excluding hydrogens is 228 g/mol. The van der Waals surface area contributed by atoms with E-state index >= 15 is 0 Å². The molecule has 2 nitrogen and oxygen atoms in total. The number of fused-ring (bicyclic) bond motifs is 1. The predicted molar refractivity (Wildman–Crippen MR) is 73.7 cm³/mol. The average Bonchev–Trinajstić information content (AvgIpc) is 3.08. The molecule has 0 aliphatic heterocycles. The van der Waals surface area contributed by atoms with Crippen LogP contribution in [0.25, 0.3) is 11.0 Å². The van der Waals surface area contributed by atoms with E-state index in [0.717, 1.165) is 23.2 Å². The minimum atomic E-state index is 0.737. The number of aryl methyl sites for hydroxylation is 1. The second-order valence-electron chi connectivity index (χ2n) is 5.32. The summed E-state index contributed by atoms with van der Waals surface area (Å²) in [5.74, 6) is 1.66. The molecular formula is C14H18N2S.